The second kappa shape index (κ2) is 7.77. The van der Waals surface area contributed by atoms with Gasteiger partial charge in [0.2, 0.25) is 8.32 Å². The molecule has 0 heterocycles. The summed E-state index contributed by atoms with van der Waals surface area (Å²) >= 11 is 0. The fraction of sp³-hybridized carbons (Fsp3) is 0.611. The topological polar surface area (TPSA) is 35.5 Å². The molecule has 0 aliphatic rings. The maximum atomic E-state index is 12.8. The van der Waals surface area contributed by atoms with Gasteiger partial charge in [-0.05, 0) is 50.8 Å². The largest absolute Gasteiger partial charge is 0.520 e. The van der Waals surface area contributed by atoms with Crippen LogP contribution in [0.2, 0.25) is 39.3 Å². The Morgan fingerprint density at radius 1 is 0.913 bits per heavy atom. The maximum absolute atomic E-state index is 12.8. The highest BCUT2D eigenvalue weighted by Crippen LogP contribution is 2.35. The summed E-state index contributed by atoms with van der Waals surface area (Å²) in [6, 6.07) is 10.1. The first-order valence-electron chi connectivity index (χ1n) is 8.36. The Labute approximate surface area is 143 Å². The molecule has 0 amide bonds. The van der Waals surface area contributed by atoms with Crippen molar-refractivity contribution in [3.63, 3.8) is 0 Å². The van der Waals surface area contributed by atoms with Crippen molar-refractivity contribution in [2.24, 2.45) is 11.8 Å². The lowest BCUT2D eigenvalue weighted by molar-refractivity contribution is -0.145. The molecule has 130 valence electrons. The van der Waals surface area contributed by atoms with E-state index < -0.39 is 16.6 Å². The van der Waals surface area contributed by atoms with Crippen LogP contribution in [0.15, 0.2) is 30.3 Å². The molecule has 0 aliphatic heterocycles. The van der Waals surface area contributed by atoms with E-state index in [0.717, 1.165) is 5.56 Å². The molecule has 3 nitrogen and oxygen atoms in total. The minimum Gasteiger partial charge on any atom is -0.520 e. The van der Waals surface area contributed by atoms with Crippen LogP contribution in [-0.2, 0) is 13.6 Å². The van der Waals surface area contributed by atoms with Crippen LogP contribution >= 0.6 is 0 Å². The van der Waals surface area contributed by atoms with Crippen LogP contribution in [0.4, 0.5) is 0 Å². The summed E-state index contributed by atoms with van der Waals surface area (Å²) in [7, 11) is -3.74. The van der Waals surface area contributed by atoms with Crippen LogP contribution in [0.25, 0.3) is 0 Å². The molecule has 0 unspecified atom stereocenters. The molecule has 5 heteroatoms. The van der Waals surface area contributed by atoms with Gasteiger partial charge in [0.25, 0.3) is 5.97 Å². The van der Waals surface area contributed by atoms with E-state index in [-0.39, 0.29) is 23.9 Å². The number of hydrogen-bond donors (Lipinski definition) is 0. The number of carbonyl (C=O) groups excluding carboxylic acids is 1. The number of hydrogen-bond acceptors (Lipinski definition) is 3. The van der Waals surface area contributed by atoms with E-state index >= 15 is 0 Å². The van der Waals surface area contributed by atoms with Gasteiger partial charge >= 0.3 is 0 Å². The molecule has 1 rings (SSSR count). The number of benzene rings is 1. The predicted molar refractivity (Wildman–Crippen MR) is 101 cm³/mol. The Morgan fingerprint density at radius 3 is 1.83 bits per heavy atom. The zero-order chi connectivity index (χ0) is 17.8. The van der Waals surface area contributed by atoms with E-state index in [1.54, 1.807) is 0 Å². The van der Waals surface area contributed by atoms with Gasteiger partial charge in [-0.2, -0.15) is 0 Å². The summed E-state index contributed by atoms with van der Waals surface area (Å²) < 4.78 is 12.2. The lowest BCUT2D eigenvalue weighted by Crippen LogP contribution is -2.40. The van der Waals surface area contributed by atoms with Crippen LogP contribution in [0.3, 0.4) is 0 Å². The fourth-order valence-corrected chi connectivity index (χ4v) is 4.27. The van der Waals surface area contributed by atoms with E-state index in [0.29, 0.717) is 0 Å². The third-order valence-electron chi connectivity index (χ3n) is 3.33. The molecule has 0 spiro atoms. The third-order valence-corrected chi connectivity index (χ3v) is 5.11. The van der Waals surface area contributed by atoms with Crippen LogP contribution in [0.1, 0.15) is 25.5 Å². The van der Waals surface area contributed by atoms with Gasteiger partial charge in [0.05, 0.1) is 12.0 Å². The Morgan fingerprint density at radius 2 is 1.43 bits per heavy atom. The summed E-state index contributed by atoms with van der Waals surface area (Å²) in [6.45, 7) is 16.7. The van der Waals surface area contributed by atoms with E-state index in [9.17, 15) is 4.79 Å². The number of rotatable bonds is 7. The highest BCUT2D eigenvalue weighted by Gasteiger charge is 2.38. The lowest BCUT2D eigenvalue weighted by Gasteiger charge is -2.35. The maximum Gasteiger partial charge on any atom is 0.298 e. The van der Waals surface area contributed by atoms with Gasteiger partial charge in [-0.15, -0.1) is 0 Å². The van der Waals surface area contributed by atoms with Gasteiger partial charge in [0.15, 0.2) is 8.32 Å². The molecule has 0 radical (unpaired) electrons. The van der Waals surface area contributed by atoms with Gasteiger partial charge in [0, 0.05) is 0 Å². The average molecular weight is 353 g/mol. The third kappa shape index (κ3) is 7.02. The molecule has 0 N–H and O–H groups in total. The molecule has 0 fully saturated rings. The molecule has 0 saturated carbocycles. The van der Waals surface area contributed by atoms with Crippen molar-refractivity contribution in [3.8, 4) is 0 Å². The highest BCUT2D eigenvalue weighted by molar-refractivity contribution is 6.71. The Balaban J connectivity index is 3.21. The average Bonchev–Trinajstić information content (AvgIpc) is 2.34. The summed E-state index contributed by atoms with van der Waals surface area (Å²) in [5, 5.41) is 0. The van der Waals surface area contributed by atoms with Gasteiger partial charge in [0.1, 0.15) is 0 Å². The van der Waals surface area contributed by atoms with E-state index in [4.69, 9.17) is 8.85 Å². The van der Waals surface area contributed by atoms with Crippen LogP contribution in [-0.4, -0.2) is 22.6 Å². The Hall–Kier alpha value is -0.916. The molecule has 0 aliphatic carbocycles. The highest BCUT2D eigenvalue weighted by atomic mass is 28.4. The quantitative estimate of drug-likeness (QED) is 0.630. The smallest absolute Gasteiger partial charge is 0.298 e. The van der Waals surface area contributed by atoms with Crippen molar-refractivity contribution in [2.75, 3.05) is 0 Å². The van der Waals surface area contributed by atoms with Crippen molar-refractivity contribution < 1.29 is 13.6 Å². The summed E-state index contributed by atoms with van der Waals surface area (Å²) in [5.74, 6) is -0.248. The SMILES string of the molecule is CC(C)[C@H](C(=O)O[Si](C)(C)C)[C@@H](O[Si](C)(C)C)c1ccccc1. The van der Waals surface area contributed by atoms with Crippen molar-refractivity contribution in [1.82, 2.24) is 0 Å². The second-order valence-corrected chi connectivity index (χ2v) is 17.3. The zero-order valence-corrected chi connectivity index (χ0v) is 17.8. The van der Waals surface area contributed by atoms with E-state index in [2.05, 4.69) is 33.5 Å². The van der Waals surface area contributed by atoms with E-state index in [1.807, 2.05) is 50.0 Å². The summed E-state index contributed by atoms with van der Waals surface area (Å²) in [6.07, 6.45) is -0.244. The zero-order valence-electron chi connectivity index (χ0n) is 15.8. The summed E-state index contributed by atoms with van der Waals surface area (Å²) in [5.41, 5.74) is 1.06. The van der Waals surface area contributed by atoms with Crippen LogP contribution < -0.4 is 0 Å². The molecule has 0 saturated heterocycles. The summed E-state index contributed by atoms with van der Waals surface area (Å²) in [4.78, 5) is 12.8. The van der Waals surface area contributed by atoms with Gasteiger partial charge in [-0.25, -0.2) is 0 Å². The molecule has 1 aromatic carbocycles. The van der Waals surface area contributed by atoms with Gasteiger partial charge in [-0.3, -0.25) is 4.79 Å². The molecule has 0 aromatic heterocycles. The molecular weight excluding hydrogens is 320 g/mol. The van der Waals surface area contributed by atoms with Crippen molar-refractivity contribution in [2.45, 2.75) is 59.2 Å². The lowest BCUT2D eigenvalue weighted by atomic mass is 9.86. The molecule has 1 aromatic rings. The minimum atomic E-state index is -1.93. The standard InChI is InChI=1S/C18H32O3Si2/c1-14(2)16(18(19)21-23(6,7)8)17(20-22(3,4)5)15-12-10-9-11-13-15/h9-14,16-17H,1-8H3/t16-,17-/m0/s1. The van der Waals surface area contributed by atoms with Crippen molar-refractivity contribution in [3.05, 3.63) is 35.9 Å². The monoisotopic (exact) mass is 352 g/mol. The van der Waals surface area contributed by atoms with Crippen LogP contribution in [0, 0.1) is 11.8 Å². The van der Waals surface area contributed by atoms with E-state index in [1.165, 1.54) is 0 Å². The van der Waals surface area contributed by atoms with Crippen LogP contribution in [0.5, 0.6) is 0 Å². The van der Waals surface area contributed by atoms with Crippen molar-refractivity contribution >= 4 is 22.6 Å². The predicted octanol–water partition coefficient (Wildman–Crippen LogP) is 5.23. The first-order chi connectivity index (χ1) is 10.4. The first kappa shape index (κ1) is 20.1. The second-order valence-electron chi connectivity index (χ2n) is 8.36. The fourth-order valence-electron chi connectivity index (χ4n) is 2.49. The van der Waals surface area contributed by atoms with Gasteiger partial charge < -0.3 is 8.85 Å². The molecular formula is C18H32O3Si2. The number of carbonyl (C=O) groups is 1. The minimum absolute atomic E-state index is 0.119. The molecule has 2 atom stereocenters. The Bertz CT molecular complexity index is 501. The normalized spacial score (nSPS) is 15.3. The Kier molecular flexibility index (Phi) is 6.80. The van der Waals surface area contributed by atoms with Gasteiger partial charge in [-0.1, -0.05) is 44.2 Å². The van der Waals surface area contributed by atoms with Crippen molar-refractivity contribution in [1.29, 1.82) is 0 Å². The molecule has 0 bridgehead atoms. The molecule has 23 heavy (non-hydrogen) atoms. The first-order valence-corrected chi connectivity index (χ1v) is 15.2.